The number of thiocarbonyl (C=S) groups is 1. The smallest absolute Gasteiger partial charge is 0.289 e. The Balaban J connectivity index is 1.28. The third-order valence-electron chi connectivity index (χ3n) is 5.63. The fourth-order valence-corrected chi connectivity index (χ4v) is 6.44. The number of hydrazine groups is 1. The molecule has 1 aliphatic rings. The summed E-state index contributed by atoms with van der Waals surface area (Å²) in [6.45, 7) is 2.96. The lowest BCUT2D eigenvalue weighted by molar-refractivity contribution is 0.0939. The van der Waals surface area contributed by atoms with Crippen LogP contribution in [0.25, 0.3) is 0 Å². The summed E-state index contributed by atoms with van der Waals surface area (Å²) >= 11 is 12.7. The number of aryl methyl sites for hydroxylation is 1. The Morgan fingerprint density at radius 3 is 2.74 bits per heavy atom. The van der Waals surface area contributed by atoms with Gasteiger partial charge in [-0.05, 0) is 61.8 Å². The number of nitrogens with zero attached hydrogens (tertiary/aromatic N) is 2. The highest BCUT2D eigenvalue weighted by molar-refractivity contribution is 7.89. The molecule has 1 aromatic carbocycles. The maximum Gasteiger partial charge on any atom is 0.289 e. The van der Waals surface area contributed by atoms with E-state index in [1.54, 1.807) is 29.8 Å². The van der Waals surface area contributed by atoms with E-state index in [2.05, 4.69) is 21.2 Å². The Labute approximate surface area is 217 Å². The minimum absolute atomic E-state index is 0.0820. The molecule has 1 saturated heterocycles. The molecule has 0 radical (unpaired) electrons. The Morgan fingerprint density at radius 1 is 1.29 bits per heavy atom. The van der Waals surface area contributed by atoms with Gasteiger partial charge in [0.05, 0.1) is 22.7 Å². The van der Waals surface area contributed by atoms with Gasteiger partial charge in [-0.3, -0.25) is 15.6 Å². The molecule has 13 heteroatoms. The molecule has 0 saturated carbocycles. The van der Waals surface area contributed by atoms with Crippen LogP contribution in [0.5, 0.6) is 0 Å². The molecule has 3 N–H and O–H groups in total. The van der Waals surface area contributed by atoms with Crippen molar-refractivity contribution < 1.29 is 17.6 Å². The van der Waals surface area contributed by atoms with Gasteiger partial charge >= 0.3 is 0 Å². The zero-order valence-corrected chi connectivity index (χ0v) is 22.0. The monoisotopic (exact) mass is 553 g/mol. The van der Waals surface area contributed by atoms with Crippen molar-refractivity contribution in [2.24, 2.45) is 0 Å². The summed E-state index contributed by atoms with van der Waals surface area (Å²) in [4.78, 5) is 17.1. The van der Waals surface area contributed by atoms with Gasteiger partial charge in [-0.1, -0.05) is 17.7 Å². The number of carbonyl (C=O) groups excluding carboxylic acids is 1. The molecule has 9 nitrogen and oxygen atoms in total. The molecule has 1 aliphatic heterocycles. The predicted molar refractivity (Wildman–Crippen MR) is 138 cm³/mol. The molecule has 3 aromatic rings. The van der Waals surface area contributed by atoms with E-state index in [0.717, 1.165) is 10.6 Å². The molecular formula is C22H24ClN5O4S3. The van der Waals surface area contributed by atoms with E-state index in [9.17, 15) is 13.2 Å². The number of benzene rings is 1. The standard InChI is InChI=1S/C22H24ClN5O4S3/c1-14-4-5-17(11-18(14)23)35(30,31)28-8-6-15(7-9-28)21-25-19(13-34-21)20(29)26-27-22(33)24-12-16-3-2-10-32-16/h2-5,10-11,13,15H,6-9,12H2,1H3,(H,26,29)(H2,24,27,33). The van der Waals surface area contributed by atoms with Gasteiger partial charge < -0.3 is 9.73 Å². The first kappa shape index (κ1) is 25.6. The SMILES string of the molecule is Cc1ccc(S(=O)(=O)N2CCC(c3nc(C(=O)NNC(=S)NCc4ccco4)cs3)CC2)cc1Cl. The topological polar surface area (TPSA) is 117 Å². The first-order chi connectivity index (χ1) is 16.7. The molecule has 186 valence electrons. The fraction of sp³-hybridized carbons (Fsp3) is 0.318. The molecule has 0 spiro atoms. The third kappa shape index (κ3) is 6.19. The van der Waals surface area contributed by atoms with Gasteiger partial charge in [0.1, 0.15) is 11.5 Å². The Hall–Kier alpha value is -2.51. The second-order valence-corrected chi connectivity index (χ2v) is 11.6. The number of rotatable bonds is 6. The van der Waals surface area contributed by atoms with E-state index in [4.69, 9.17) is 28.2 Å². The first-order valence-electron chi connectivity index (χ1n) is 10.8. The van der Waals surface area contributed by atoms with Crippen molar-refractivity contribution in [3.05, 3.63) is 69.0 Å². The van der Waals surface area contributed by atoms with Crippen LogP contribution in [0.3, 0.4) is 0 Å². The van der Waals surface area contributed by atoms with Gasteiger partial charge in [-0.25, -0.2) is 13.4 Å². The maximum atomic E-state index is 13.0. The highest BCUT2D eigenvalue weighted by atomic mass is 35.5. The summed E-state index contributed by atoms with van der Waals surface area (Å²) in [6.07, 6.45) is 2.80. The number of sulfonamides is 1. The summed E-state index contributed by atoms with van der Waals surface area (Å²) in [7, 11) is -3.61. The van der Waals surface area contributed by atoms with Crippen molar-refractivity contribution in [1.29, 1.82) is 0 Å². The lowest BCUT2D eigenvalue weighted by Gasteiger charge is -2.30. The number of carbonyl (C=O) groups is 1. The van der Waals surface area contributed by atoms with Crippen molar-refractivity contribution >= 4 is 56.2 Å². The summed E-state index contributed by atoms with van der Waals surface area (Å²) in [5.41, 5.74) is 6.26. The van der Waals surface area contributed by atoms with Crippen molar-refractivity contribution in [3.63, 3.8) is 0 Å². The van der Waals surface area contributed by atoms with Crippen molar-refractivity contribution in [2.75, 3.05) is 13.1 Å². The number of nitrogens with one attached hydrogen (secondary N) is 3. The quantitative estimate of drug-likeness (QED) is 0.313. The number of halogens is 1. The lowest BCUT2D eigenvalue weighted by atomic mass is 9.99. The van der Waals surface area contributed by atoms with Crippen LogP contribution < -0.4 is 16.2 Å². The van der Waals surface area contributed by atoms with E-state index in [1.807, 2.05) is 13.0 Å². The molecule has 1 fully saturated rings. The highest BCUT2D eigenvalue weighted by Crippen LogP contribution is 2.33. The number of hydrogen-bond acceptors (Lipinski definition) is 7. The van der Waals surface area contributed by atoms with Crippen LogP contribution >= 0.6 is 35.2 Å². The van der Waals surface area contributed by atoms with Crippen LogP contribution in [-0.4, -0.2) is 41.8 Å². The second kappa shape index (κ2) is 11.0. The Morgan fingerprint density at radius 2 is 2.06 bits per heavy atom. The van der Waals surface area contributed by atoms with Crippen molar-refractivity contribution in [1.82, 2.24) is 25.5 Å². The Bertz CT molecular complexity index is 1300. The average Bonchev–Trinajstić information content (AvgIpc) is 3.55. The maximum absolute atomic E-state index is 13.0. The molecule has 3 heterocycles. The van der Waals surface area contributed by atoms with Gasteiger partial charge in [0, 0.05) is 29.4 Å². The molecule has 0 bridgehead atoms. The van der Waals surface area contributed by atoms with Crippen LogP contribution in [0.1, 0.15) is 45.6 Å². The van der Waals surface area contributed by atoms with Crippen LogP contribution in [-0.2, 0) is 16.6 Å². The molecule has 0 unspecified atom stereocenters. The Kier molecular flexibility index (Phi) is 8.07. The second-order valence-electron chi connectivity index (χ2n) is 8.00. The van der Waals surface area contributed by atoms with E-state index in [-0.39, 0.29) is 21.6 Å². The van der Waals surface area contributed by atoms with E-state index in [1.165, 1.54) is 21.7 Å². The van der Waals surface area contributed by atoms with Crippen LogP contribution in [0, 0.1) is 6.92 Å². The first-order valence-corrected chi connectivity index (χ1v) is 13.9. The molecular weight excluding hydrogens is 530 g/mol. The van der Waals surface area contributed by atoms with E-state index in [0.29, 0.717) is 43.3 Å². The molecule has 1 amide bonds. The van der Waals surface area contributed by atoms with Crippen LogP contribution in [0.4, 0.5) is 0 Å². The number of piperidine rings is 1. The van der Waals surface area contributed by atoms with Gasteiger partial charge in [-0.15, -0.1) is 11.3 Å². The molecule has 4 rings (SSSR count). The zero-order chi connectivity index (χ0) is 25.0. The summed E-state index contributed by atoms with van der Waals surface area (Å²) in [6, 6.07) is 8.37. The normalized spacial score (nSPS) is 15.0. The van der Waals surface area contributed by atoms with Gasteiger partial charge in [0.2, 0.25) is 10.0 Å². The van der Waals surface area contributed by atoms with E-state index >= 15 is 0 Å². The number of amides is 1. The minimum atomic E-state index is -3.61. The number of thiazole rings is 1. The van der Waals surface area contributed by atoms with E-state index < -0.39 is 15.9 Å². The summed E-state index contributed by atoms with van der Waals surface area (Å²) in [5, 5.41) is 6.08. The van der Waals surface area contributed by atoms with Crippen molar-refractivity contribution in [2.45, 2.75) is 37.1 Å². The fourth-order valence-electron chi connectivity index (χ4n) is 3.61. The number of aromatic nitrogens is 1. The summed E-state index contributed by atoms with van der Waals surface area (Å²) < 4.78 is 32.7. The highest BCUT2D eigenvalue weighted by Gasteiger charge is 2.31. The predicted octanol–water partition coefficient (Wildman–Crippen LogP) is 3.58. The minimum Gasteiger partial charge on any atom is -0.467 e. The number of hydrogen-bond donors (Lipinski definition) is 3. The molecule has 2 aromatic heterocycles. The lowest BCUT2D eigenvalue weighted by Crippen LogP contribution is -2.46. The zero-order valence-electron chi connectivity index (χ0n) is 18.8. The molecule has 0 aliphatic carbocycles. The van der Waals surface area contributed by atoms with Gasteiger partial charge in [0.15, 0.2) is 5.11 Å². The van der Waals surface area contributed by atoms with Crippen molar-refractivity contribution in [3.8, 4) is 0 Å². The molecule has 0 atom stereocenters. The summed E-state index contributed by atoms with van der Waals surface area (Å²) in [5.74, 6) is 0.385. The number of furan rings is 1. The van der Waals surface area contributed by atoms with Crippen LogP contribution in [0.15, 0.2) is 51.3 Å². The largest absolute Gasteiger partial charge is 0.467 e. The van der Waals surface area contributed by atoms with Gasteiger partial charge in [0.25, 0.3) is 5.91 Å². The molecule has 35 heavy (non-hydrogen) atoms. The van der Waals surface area contributed by atoms with Crippen LogP contribution in [0.2, 0.25) is 5.02 Å². The average molecular weight is 554 g/mol. The third-order valence-corrected chi connectivity index (χ3v) is 9.19. The van der Waals surface area contributed by atoms with Gasteiger partial charge in [-0.2, -0.15) is 4.31 Å².